The number of rotatable bonds is 5. The lowest BCUT2D eigenvalue weighted by molar-refractivity contribution is 0.224. The van der Waals surface area contributed by atoms with Crippen molar-refractivity contribution in [3.05, 3.63) is 0 Å². The summed E-state index contributed by atoms with van der Waals surface area (Å²) in [6.45, 7) is 3.60. The molecule has 0 saturated carbocycles. The first-order valence-corrected chi connectivity index (χ1v) is 10.2. The zero-order chi connectivity index (χ0) is 14.8. The van der Waals surface area contributed by atoms with Gasteiger partial charge in [-0.05, 0) is 50.7 Å². The van der Waals surface area contributed by atoms with Gasteiger partial charge in [-0.1, -0.05) is 0 Å². The lowest BCUT2D eigenvalue weighted by Crippen LogP contribution is -2.51. The van der Waals surface area contributed by atoms with Crippen LogP contribution in [0.25, 0.3) is 0 Å². The molecule has 0 aromatic rings. The second-order valence-electron chi connectivity index (χ2n) is 6.35. The summed E-state index contributed by atoms with van der Waals surface area (Å²) >= 11 is 2.00. The van der Waals surface area contributed by atoms with Crippen molar-refractivity contribution in [3.8, 4) is 0 Å². The zero-order valence-corrected chi connectivity index (χ0v) is 14.1. The monoisotopic (exact) mass is 321 g/mol. The molecule has 3 atom stereocenters. The topological polar surface area (TPSA) is 75.4 Å². The number of sulfonamides is 1. The Morgan fingerprint density at radius 2 is 2.25 bits per heavy atom. The summed E-state index contributed by atoms with van der Waals surface area (Å²) in [5.41, 5.74) is 3.00. The maximum Gasteiger partial charge on any atom is 0.211 e. The minimum atomic E-state index is -3.06. The molecule has 2 heterocycles. The molecule has 7 heteroatoms. The minimum Gasteiger partial charge on any atom is -0.271 e. The number of nitrogens with zero attached hydrogens (tertiary/aromatic N) is 1. The van der Waals surface area contributed by atoms with Crippen molar-refractivity contribution < 1.29 is 8.42 Å². The SMILES string of the molecule is CC1(C(CC2CCCN(S(C)(=O)=O)C2)NN)CCCS1. The molecule has 0 radical (unpaired) electrons. The van der Waals surface area contributed by atoms with Gasteiger partial charge in [-0.3, -0.25) is 11.3 Å². The highest BCUT2D eigenvalue weighted by Gasteiger charge is 2.39. The Balaban J connectivity index is 1.97. The van der Waals surface area contributed by atoms with E-state index in [9.17, 15) is 8.42 Å². The molecule has 3 N–H and O–H groups in total. The Morgan fingerprint density at radius 1 is 1.50 bits per heavy atom. The first kappa shape index (κ1) is 16.5. The molecule has 2 rings (SSSR count). The molecule has 2 aliphatic rings. The van der Waals surface area contributed by atoms with Gasteiger partial charge in [-0.25, -0.2) is 12.7 Å². The highest BCUT2D eigenvalue weighted by atomic mass is 32.2. The summed E-state index contributed by atoms with van der Waals surface area (Å²) in [5, 5.41) is 0. The van der Waals surface area contributed by atoms with Crippen LogP contribution in [0.4, 0.5) is 0 Å². The Kier molecular flexibility index (Phi) is 5.40. The maximum atomic E-state index is 11.7. The van der Waals surface area contributed by atoms with E-state index in [2.05, 4.69) is 12.3 Å². The van der Waals surface area contributed by atoms with Crippen LogP contribution >= 0.6 is 11.8 Å². The van der Waals surface area contributed by atoms with Crippen LogP contribution in [0.5, 0.6) is 0 Å². The van der Waals surface area contributed by atoms with E-state index in [4.69, 9.17) is 5.84 Å². The van der Waals surface area contributed by atoms with Gasteiger partial charge in [0.1, 0.15) is 0 Å². The summed E-state index contributed by atoms with van der Waals surface area (Å²) < 4.78 is 25.2. The van der Waals surface area contributed by atoms with Gasteiger partial charge in [0.25, 0.3) is 0 Å². The number of nitrogens with one attached hydrogen (secondary N) is 1. The molecule has 2 aliphatic heterocycles. The van der Waals surface area contributed by atoms with Gasteiger partial charge >= 0.3 is 0 Å². The average Bonchev–Trinajstić information content (AvgIpc) is 2.83. The summed E-state index contributed by atoms with van der Waals surface area (Å²) in [5.74, 6) is 7.40. The fourth-order valence-corrected chi connectivity index (χ4v) is 5.77. The van der Waals surface area contributed by atoms with Crippen LogP contribution in [0, 0.1) is 5.92 Å². The quantitative estimate of drug-likeness (QED) is 0.587. The zero-order valence-electron chi connectivity index (χ0n) is 12.5. The van der Waals surface area contributed by atoms with E-state index < -0.39 is 10.0 Å². The molecule has 2 fully saturated rings. The Morgan fingerprint density at radius 3 is 2.80 bits per heavy atom. The van der Waals surface area contributed by atoms with Crippen molar-refractivity contribution in [2.24, 2.45) is 11.8 Å². The van der Waals surface area contributed by atoms with Crippen LogP contribution in [0.15, 0.2) is 0 Å². The number of thioether (sulfide) groups is 1. The van der Waals surface area contributed by atoms with Crippen LogP contribution in [-0.2, 0) is 10.0 Å². The van der Waals surface area contributed by atoms with E-state index >= 15 is 0 Å². The Bertz CT molecular complexity index is 421. The predicted octanol–water partition coefficient (Wildman–Crippen LogP) is 1.17. The van der Waals surface area contributed by atoms with Crippen LogP contribution in [0.1, 0.15) is 39.0 Å². The second kappa shape index (κ2) is 6.52. The van der Waals surface area contributed by atoms with Crippen LogP contribution < -0.4 is 11.3 Å². The van der Waals surface area contributed by atoms with Crippen molar-refractivity contribution in [3.63, 3.8) is 0 Å². The minimum absolute atomic E-state index is 0.197. The number of nitrogens with two attached hydrogens (primary N) is 1. The van der Waals surface area contributed by atoms with E-state index in [0.29, 0.717) is 19.0 Å². The third-order valence-electron chi connectivity index (χ3n) is 4.71. The summed E-state index contributed by atoms with van der Waals surface area (Å²) in [6.07, 6.45) is 6.77. The van der Waals surface area contributed by atoms with Crippen LogP contribution in [-0.4, -0.2) is 48.6 Å². The van der Waals surface area contributed by atoms with Gasteiger partial charge in [-0.15, -0.1) is 0 Å². The predicted molar refractivity (Wildman–Crippen MR) is 85.0 cm³/mol. The Hall–Kier alpha value is 0.180. The number of piperidine rings is 1. The number of hydrazine groups is 1. The average molecular weight is 322 g/mol. The van der Waals surface area contributed by atoms with Crippen LogP contribution in [0.3, 0.4) is 0 Å². The van der Waals surface area contributed by atoms with Gasteiger partial charge in [0.05, 0.1) is 6.26 Å². The molecule has 2 saturated heterocycles. The van der Waals surface area contributed by atoms with Gasteiger partial charge in [-0.2, -0.15) is 11.8 Å². The summed E-state index contributed by atoms with van der Waals surface area (Å²) in [6, 6.07) is 0.263. The normalized spacial score (nSPS) is 34.2. The van der Waals surface area contributed by atoms with E-state index in [-0.39, 0.29) is 10.8 Å². The second-order valence-corrected chi connectivity index (χ2v) is 9.96. The summed E-state index contributed by atoms with van der Waals surface area (Å²) in [4.78, 5) is 0. The standard InChI is InChI=1S/C13H27N3O2S2/c1-13(6-4-8-19-13)12(15-14)9-11-5-3-7-16(10-11)20(2,17)18/h11-12,15H,3-10,14H2,1-2H3. The number of hydrogen-bond acceptors (Lipinski definition) is 5. The van der Waals surface area contributed by atoms with Crippen molar-refractivity contribution in [2.75, 3.05) is 25.1 Å². The van der Waals surface area contributed by atoms with Crippen molar-refractivity contribution in [1.82, 2.24) is 9.73 Å². The third-order valence-corrected chi connectivity index (χ3v) is 7.62. The third kappa shape index (κ3) is 3.88. The molecule has 20 heavy (non-hydrogen) atoms. The number of hydrogen-bond donors (Lipinski definition) is 2. The molecule has 118 valence electrons. The molecule has 0 bridgehead atoms. The molecule has 0 spiro atoms. The molecule has 0 aromatic carbocycles. The van der Waals surface area contributed by atoms with Gasteiger partial charge in [0.2, 0.25) is 10.0 Å². The maximum absolute atomic E-state index is 11.7. The van der Waals surface area contributed by atoms with E-state index in [0.717, 1.165) is 19.3 Å². The molecule has 0 aromatic heterocycles. The molecule has 0 aliphatic carbocycles. The molecule has 0 amide bonds. The Labute approximate surface area is 127 Å². The van der Waals surface area contributed by atoms with E-state index in [1.54, 1.807) is 4.31 Å². The largest absolute Gasteiger partial charge is 0.271 e. The lowest BCUT2D eigenvalue weighted by atomic mass is 9.85. The first-order chi connectivity index (χ1) is 9.35. The molecular formula is C13H27N3O2S2. The highest BCUT2D eigenvalue weighted by Crippen LogP contribution is 2.42. The summed E-state index contributed by atoms with van der Waals surface area (Å²) in [7, 11) is -3.06. The van der Waals surface area contributed by atoms with E-state index in [1.165, 1.54) is 24.9 Å². The highest BCUT2D eigenvalue weighted by molar-refractivity contribution is 8.00. The molecular weight excluding hydrogens is 294 g/mol. The first-order valence-electron chi connectivity index (χ1n) is 7.40. The van der Waals surface area contributed by atoms with Crippen molar-refractivity contribution >= 4 is 21.8 Å². The molecule has 3 unspecified atom stereocenters. The van der Waals surface area contributed by atoms with Gasteiger partial charge < -0.3 is 0 Å². The fourth-order valence-electron chi connectivity index (χ4n) is 3.42. The van der Waals surface area contributed by atoms with Gasteiger partial charge in [0, 0.05) is 23.9 Å². The van der Waals surface area contributed by atoms with Crippen molar-refractivity contribution in [2.45, 2.75) is 49.8 Å². The van der Waals surface area contributed by atoms with Crippen LogP contribution in [0.2, 0.25) is 0 Å². The van der Waals surface area contributed by atoms with E-state index in [1.807, 2.05) is 11.8 Å². The smallest absolute Gasteiger partial charge is 0.211 e. The van der Waals surface area contributed by atoms with Gasteiger partial charge in [0.15, 0.2) is 0 Å². The fraction of sp³-hybridized carbons (Fsp3) is 1.00. The van der Waals surface area contributed by atoms with Crippen molar-refractivity contribution in [1.29, 1.82) is 0 Å². The lowest BCUT2D eigenvalue weighted by Gasteiger charge is -2.38. The molecule has 5 nitrogen and oxygen atoms in total.